The van der Waals surface area contributed by atoms with Crippen molar-refractivity contribution < 1.29 is 18.0 Å². The number of nitrogens with zero attached hydrogens (tertiary/aromatic N) is 2. The maximum absolute atomic E-state index is 13.6. The number of imide groups is 1. The first kappa shape index (κ1) is 22.3. The molecule has 1 aromatic rings. The van der Waals surface area contributed by atoms with Crippen LogP contribution in [0.4, 0.5) is 4.79 Å². The van der Waals surface area contributed by atoms with Crippen molar-refractivity contribution in [2.45, 2.75) is 70.2 Å². The highest BCUT2D eigenvalue weighted by Crippen LogP contribution is 2.38. The molecule has 0 bridgehead atoms. The minimum Gasteiger partial charge on any atom is -0.273 e. The van der Waals surface area contributed by atoms with Crippen LogP contribution in [0.1, 0.15) is 76.0 Å². The van der Waals surface area contributed by atoms with E-state index >= 15 is 0 Å². The van der Waals surface area contributed by atoms with Gasteiger partial charge in [-0.1, -0.05) is 65.4 Å². The summed E-state index contributed by atoms with van der Waals surface area (Å²) in [5.74, 6) is 0.347. The highest BCUT2D eigenvalue weighted by atomic mass is 32.2. The number of carbonyl (C=O) groups is 2. The quantitative estimate of drug-likeness (QED) is 0.668. The van der Waals surface area contributed by atoms with Crippen LogP contribution in [0.15, 0.2) is 17.0 Å². The Morgan fingerprint density at radius 1 is 0.931 bits per heavy atom. The first-order valence-corrected chi connectivity index (χ1v) is 12.5. The Bertz CT molecular complexity index is 887. The summed E-state index contributed by atoms with van der Waals surface area (Å²) in [4.78, 5) is 25.5. The Morgan fingerprint density at radius 3 is 1.83 bits per heavy atom. The molecule has 0 aromatic heterocycles. The van der Waals surface area contributed by atoms with Crippen LogP contribution in [0, 0.1) is 0 Å². The molecule has 2 aliphatic heterocycles. The summed E-state index contributed by atoms with van der Waals surface area (Å²) in [6, 6.07) is 3.69. The molecular weight excluding hydrogens is 408 g/mol. The van der Waals surface area contributed by atoms with E-state index in [1.165, 1.54) is 9.21 Å². The molecule has 0 N–H and O–H groups in total. The third-order valence-corrected chi connectivity index (χ3v) is 8.46. The molecule has 0 saturated carbocycles. The van der Waals surface area contributed by atoms with Crippen LogP contribution < -0.4 is 0 Å². The van der Waals surface area contributed by atoms with Gasteiger partial charge in [0.1, 0.15) is 0 Å². The van der Waals surface area contributed by atoms with E-state index in [0.29, 0.717) is 10.8 Å². The van der Waals surface area contributed by atoms with E-state index in [4.69, 9.17) is 0 Å². The summed E-state index contributed by atoms with van der Waals surface area (Å²) in [6.07, 6.45) is 0. The lowest BCUT2D eigenvalue weighted by atomic mass is 9.89. The number of amides is 2. The van der Waals surface area contributed by atoms with E-state index in [-0.39, 0.29) is 47.9 Å². The summed E-state index contributed by atoms with van der Waals surface area (Å²) >= 11 is 0.983. The van der Waals surface area contributed by atoms with Crippen molar-refractivity contribution in [3.05, 3.63) is 28.8 Å². The molecule has 0 atom stereocenters. The SMILES string of the molecule is CC(C)c1cc(C(C)C)c(S(=O)(=O)N2CC(N3C(=O)CSC3=O)C2)c(C(C)C)c1. The number of sulfonamides is 1. The lowest BCUT2D eigenvalue weighted by Gasteiger charge is -2.42. The van der Waals surface area contributed by atoms with Gasteiger partial charge < -0.3 is 0 Å². The lowest BCUT2D eigenvalue weighted by Crippen LogP contribution is -2.62. The van der Waals surface area contributed by atoms with Crippen LogP contribution in [0.3, 0.4) is 0 Å². The normalized spacial score (nSPS) is 19.1. The van der Waals surface area contributed by atoms with Gasteiger partial charge in [0.2, 0.25) is 15.9 Å². The Hall–Kier alpha value is -1.38. The smallest absolute Gasteiger partial charge is 0.273 e. The zero-order valence-corrected chi connectivity index (χ0v) is 19.6. The van der Waals surface area contributed by atoms with Crippen molar-refractivity contribution in [2.24, 2.45) is 0 Å². The zero-order chi connectivity index (χ0) is 21.7. The van der Waals surface area contributed by atoms with Crippen molar-refractivity contribution in [3.63, 3.8) is 0 Å². The fourth-order valence-corrected chi connectivity index (χ4v) is 6.77. The van der Waals surface area contributed by atoms with Crippen molar-refractivity contribution in [1.29, 1.82) is 0 Å². The van der Waals surface area contributed by atoms with E-state index in [0.717, 1.165) is 28.5 Å². The van der Waals surface area contributed by atoms with Crippen molar-refractivity contribution in [3.8, 4) is 0 Å². The van der Waals surface area contributed by atoms with Gasteiger partial charge in [-0.25, -0.2) is 8.42 Å². The van der Waals surface area contributed by atoms with Crippen LogP contribution in [-0.2, 0) is 14.8 Å². The van der Waals surface area contributed by atoms with Crippen LogP contribution in [0.5, 0.6) is 0 Å². The maximum atomic E-state index is 13.6. The minimum absolute atomic E-state index is 0.0613. The molecule has 29 heavy (non-hydrogen) atoms. The predicted molar refractivity (Wildman–Crippen MR) is 116 cm³/mol. The van der Waals surface area contributed by atoms with Crippen molar-refractivity contribution in [2.75, 3.05) is 18.8 Å². The van der Waals surface area contributed by atoms with Gasteiger partial charge in [0.25, 0.3) is 5.24 Å². The molecule has 8 heteroatoms. The molecular formula is C21H30N2O4S2. The van der Waals surface area contributed by atoms with Gasteiger partial charge in [0.05, 0.1) is 16.7 Å². The predicted octanol–water partition coefficient (Wildman–Crippen LogP) is 4.13. The monoisotopic (exact) mass is 438 g/mol. The van der Waals surface area contributed by atoms with Crippen LogP contribution in [-0.4, -0.2) is 53.7 Å². The molecule has 2 heterocycles. The number of rotatable bonds is 6. The van der Waals surface area contributed by atoms with E-state index in [9.17, 15) is 18.0 Å². The molecule has 2 saturated heterocycles. The Labute approximate surface area is 178 Å². The summed E-state index contributed by atoms with van der Waals surface area (Å²) in [5.41, 5.74) is 2.82. The molecule has 0 spiro atoms. The topological polar surface area (TPSA) is 74.8 Å². The van der Waals surface area contributed by atoms with E-state index in [2.05, 4.69) is 13.8 Å². The van der Waals surface area contributed by atoms with E-state index in [1.54, 1.807) is 0 Å². The maximum Gasteiger partial charge on any atom is 0.289 e. The molecule has 160 valence electrons. The number of carbonyl (C=O) groups excluding carboxylic acids is 2. The Kier molecular flexibility index (Phi) is 6.18. The standard InChI is InChI=1S/C21H30N2O4S2/c1-12(2)15-7-17(13(3)4)20(18(8-15)14(5)6)29(26,27)22-9-16(10-22)23-19(24)11-28-21(23)25/h7-8,12-14,16H,9-11H2,1-6H3. The molecule has 2 aliphatic rings. The highest BCUT2D eigenvalue weighted by Gasteiger charge is 2.47. The van der Waals surface area contributed by atoms with Gasteiger partial charge in [-0.3, -0.25) is 14.5 Å². The molecule has 2 fully saturated rings. The first-order valence-electron chi connectivity index (χ1n) is 10.1. The van der Waals surface area contributed by atoms with Gasteiger partial charge in [0.15, 0.2) is 0 Å². The van der Waals surface area contributed by atoms with Crippen LogP contribution >= 0.6 is 11.8 Å². The summed E-state index contributed by atoms with van der Waals surface area (Å²) in [5, 5.41) is -0.274. The van der Waals surface area contributed by atoms with Gasteiger partial charge in [-0.05, 0) is 34.4 Å². The fourth-order valence-electron chi connectivity index (χ4n) is 3.81. The third kappa shape index (κ3) is 3.99. The molecule has 0 aliphatic carbocycles. The molecule has 2 amide bonds. The van der Waals surface area contributed by atoms with Gasteiger partial charge >= 0.3 is 0 Å². The number of hydrogen-bond acceptors (Lipinski definition) is 5. The highest BCUT2D eigenvalue weighted by molar-refractivity contribution is 8.14. The van der Waals surface area contributed by atoms with E-state index in [1.807, 2.05) is 39.8 Å². The molecule has 6 nitrogen and oxygen atoms in total. The average molecular weight is 439 g/mol. The van der Waals surface area contributed by atoms with Crippen LogP contribution in [0.25, 0.3) is 0 Å². The zero-order valence-electron chi connectivity index (χ0n) is 17.9. The second-order valence-corrected chi connectivity index (χ2v) is 11.6. The second kappa shape index (κ2) is 8.04. The first-order chi connectivity index (χ1) is 13.4. The average Bonchev–Trinajstić information content (AvgIpc) is 2.91. The number of benzene rings is 1. The lowest BCUT2D eigenvalue weighted by molar-refractivity contribution is -0.127. The Balaban J connectivity index is 1.99. The molecule has 0 radical (unpaired) electrons. The molecule has 1 aromatic carbocycles. The summed E-state index contributed by atoms with van der Waals surface area (Å²) in [7, 11) is -3.72. The van der Waals surface area contributed by atoms with Gasteiger partial charge in [-0.15, -0.1) is 0 Å². The summed E-state index contributed by atoms with van der Waals surface area (Å²) < 4.78 is 28.6. The van der Waals surface area contributed by atoms with Crippen molar-refractivity contribution >= 4 is 32.9 Å². The molecule has 3 rings (SSSR count). The number of hydrogen-bond donors (Lipinski definition) is 0. The molecule has 0 unspecified atom stereocenters. The summed E-state index contributed by atoms with van der Waals surface area (Å²) in [6.45, 7) is 12.6. The van der Waals surface area contributed by atoms with E-state index < -0.39 is 10.0 Å². The Morgan fingerprint density at radius 2 is 1.45 bits per heavy atom. The third-order valence-electron chi connectivity index (χ3n) is 5.66. The minimum atomic E-state index is -3.72. The largest absolute Gasteiger partial charge is 0.289 e. The number of thioether (sulfide) groups is 1. The second-order valence-electron chi connectivity index (χ2n) is 8.79. The van der Waals surface area contributed by atoms with Gasteiger partial charge in [0, 0.05) is 13.1 Å². The van der Waals surface area contributed by atoms with Gasteiger partial charge in [-0.2, -0.15) is 4.31 Å². The van der Waals surface area contributed by atoms with Crippen molar-refractivity contribution in [1.82, 2.24) is 9.21 Å². The van der Waals surface area contributed by atoms with Crippen LogP contribution in [0.2, 0.25) is 0 Å². The fraction of sp³-hybridized carbons (Fsp3) is 0.619.